The van der Waals surface area contributed by atoms with Gasteiger partial charge in [-0.2, -0.15) is 0 Å². The highest BCUT2D eigenvalue weighted by atomic mass is 79.9. The fourth-order valence-corrected chi connectivity index (χ4v) is 2.58. The van der Waals surface area contributed by atoms with Crippen LogP contribution in [-0.4, -0.2) is 0 Å². The second kappa shape index (κ2) is 6.12. The van der Waals surface area contributed by atoms with Crippen LogP contribution in [0.4, 0.5) is 10.1 Å². The third-order valence-corrected chi connectivity index (χ3v) is 4.19. The molecule has 0 heterocycles. The second-order valence-electron chi connectivity index (χ2n) is 4.17. The maximum Gasteiger partial charge on any atom is 0.124 e. The molecule has 0 amide bonds. The fraction of sp³-hybridized carbons (Fsp3) is 0.143. The lowest BCUT2D eigenvalue weighted by Gasteiger charge is -2.11. The van der Waals surface area contributed by atoms with Gasteiger partial charge in [0.15, 0.2) is 0 Å². The highest BCUT2D eigenvalue weighted by molar-refractivity contribution is 9.10. The van der Waals surface area contributed by atoms with Crippen LogP contribution in [0.3, 0.4) is 0 Å². The average Bonchev–Trinajstić information content (AvgIpc) is 2.34. The van der Waals surface area contributed by atoms with Crippen molar-refractivity contribution in [1.82, 2.24) is 0 Å². The van der Waals surface area contributed by atoms with E-state index in [0.717, 1.165) is 16.8 Å². The van der Waals surface area contributed by atoms with E-state index in [1.807, 2.05) is 13.0 Å². The summed E-state index contributed by atoms with van der Waals surface area (Å²) < 4.78 is 13.7. The van der Waals surface area contributed by atoms with Gasteiger partial charge in [0.25, 0.3) is 0 Å². The van der Waals surface area contributed by atoms with E-state index in [4.69, 9.17) is 23.2 Å². The van der Waals surface area contributed by atoms with Crippen molar-refractivity contribution < 1.29 is 4.39 Å². The molecule has 0 saturated carbocycles. The van der Waals surface area contributed by atoms with E-state index in [1.54, 1.807) is 12.1 Å². The standard InChI is InChI=1S/C14H11BrCl2FN/c1-8-4-13(17)14(6-12(8)16)19-7-9-2-3-10(18)5-11(9)15/h2-6,19H,7H2,1H3. The zero-order valence-electron chi connectivity index (χ0n) is 10.1. The molecule has 0 bridgehead atoms. The van der Waals surface area contributed by atoms with Crippen molar-refractivity contribution >= 4 is 44.8 Å². The molecule has 0 atom stereocenters. The minimum absolute atomic E-state index is 0.271. The number of nitrogens with one attached hydrogen (secondary N) is 1. The quantitative estimate of drug-likeness (QED) is 0.725. The lowest BCUT2D eigenvalue weighted by Crippen LogP contribution is -2.01. The Labute approximate surface area is 129 Å². The summed E-state index contributed by atoms with van der Waals surface area (Å²) in [6.45, 7) is 2.43. The van der Waals surface area contributed by atoms with Crippen LogP contribution >= 0.6 is 39.1 Å². The Morgan fingerprint density at radius 1 is 1.16 bits per heavy atom. The van der Waals surface area contributed by atoms with Crippen molar-refractivity contribution in [2.45, 2.75) is 13.5 Å². The van der Waals surface area contributed by atoms with Gasteiger partial charge in [-0.25, -0.2) is 4.39 Å². The largest absolute Gasteiger partial charge is 0.380 e. The van der Waals surface area contributed by atoms with Gasteiger partial charge < -0.3 is 5.32 Å². The number of hydrogen-bond acceptors (Lipinski definition) is 1. The second-order valence-corrected chi connectivity index (χ2v) is 5.84. The van der Waals surface area contributed by atoms with Crippen molar-refractivity contribution in [1.29, 1.82) is 0 Å². The van der Waals surface area contributed by atoms with E-state index in [1.165, 1.54) is 12.1 Å². The third-order valence-electron chi connectivity index (χ3n) is 2.73. The molecule has 0 aromatic heterocycles. The Bertz CT molecular complexity index is 617. The van der Waals surface area contributed by atoms with E-state index in [-0.39, 0.29) is 5.82 Å². The van der Waals surface area contributed by atoms with Gasteiger partial charge in [0.05, 0.1) is 10.7 Å². The van der Waals surface area contributed by atoms with Crippen LogP contribution in [-0.2, 0) is 6.54 Å². The lowest BCUT2D eigenvalue weighted by molar-refractivity contribution is 0.626. The Hall–Kier alpha value is -0.770. The predicted molar refractivity (Wildman–Crippen MR) is 82.6 cm³/mol. The zero-order chi connectivity index (χ0) is 14.0. The van der Waals surface area contributed by atoms with Crippen LogP contribution in [0.2, 0.25) is 10.0 Å². The maximum atomic E-state index is 13.0. The highest BCUT2D eigenvalue weighted by Gasteiger charge is 2.06. The van der Waals surface area contributed by atoms with E-state index >= 15 is 0 Å². The molecule has 0 radical (unpaired) electrons. The number of halogens is 4. The summed E-state index contributed by atoms with van der Waals surface area (Å²) in [5.74, 6) is -0.271. The molecule has 0 spiro atoms. The minimum atomic E-state index is -0.271. The summed E-state index contributed by atoms with van der Waals surface area (Å²) in [5, 5.41) is 4.46. The number of hydrogen-bond donors (Lipinski definition) is 1. The van der Waals surface area contributed by atoms with Gasteiger partial charge in [0.2, 0.25) is 0 Å². The van der Waals surface area contributed by atoms with E-state index in [2.05, 4.69) is 21.2 Å². The van der Waals surface area contributed by atoms with E-state index in [0.29, 0.717) is 21.1 Å². The van der Waals surface area contributed by atoms with Crippen molar-refractivity contribution in [3.05, 3.63) is 61.8 Å². The Balaban J connectivity index is 2.16. The first-order chi connectivity index (χ1) is 8.97. The van der Waals surface area contributed by atoms with Gasteiger partial charge in [-0.3, -0.25) is 0 Å². The van der Waals surface area contributed by atoms with Gasteiger partial charge in [-0.05, 0) is 42.3 Å². The molecule has 1 N–H and O–H groups in total. The monoisotopic (exact) mass is 361 g/mol. The van der Waals surface area contributed by atoms with E-state index < -0.39 is 0 Å². The first-order valence-electron chi connectivity index (χ1n) is 5.61. The van der Waals surface area contributed by atoms with E-state index in [9.17, 15) is 4.39 Å². The average molecular weight is 363 g/mol. The van der Waals surface area contributed by atoms with Crippen LogP contribution in [0, 0.1) is 12.7 Å². The summed E-state index contributed by atoms with van der Waals surface area (Å²) >= 11 is 15.5. The smallest absolute Gasteiger partial charge is 0.124 e. The molecule has 19 heavy (non-hydrogen) atoms. The molecule has 2 rings (SSSR count). The topological polar surface area (TPSA) is 12.0 Å². The highest BCUT2D eigenvalue weighted by Crippen LogP contribution is 2.29. The molecule has 0 saturated heterocycles. The number of benzene rings is 2. The summed E-state index contributed by atoms with van der Waals surface area (Å²) in [7, 11) is 0. The molecule has 2 aromatic rings. The fourth-order valence-electron chi connectivity index (χ4n) is 1.64. The summed E-state index contributed by atoms with van der Waals surface area (Å²) in [5.41, 5.74) is 2.63. The summed E-state index contributed by atoms with van der Waals surface area (Å²) in [4.78, 5) is 0. The van der Waals surface area contributed by atoms with Crippen LogP contribution in [0.1, 0.15) is 11.1 Å². The summed E-state index contributed by atoms with van der Waals surface area (Å²) in [6, 6.07) is 8.17. The molecule has 0 unspecified atom stereocenters. The SMILES string of the molecule is Cc1cc(Cl)c(NCc2ccc(F)cc2Br)cc1Cl. The van der Waals surface area contributed by atoms with Gasteiger partial charge in [0.1, 0.15) is 5.82 Å². The molecule has 0 aliphatic heterocycles. The first kappa shape index (κ1) is 14.6. The van der Waals surface area contributed by atoms with Crippen molar-refractivity contribution in [3.8, 4) is 0 Å². The Kier molecular flexibility index (Phi) is 4.71. The summed E-state index contributed by atoms with van der Waals surface area (Å²) in [6.07, 6.45) is 0. The molecule has 0 aliphatic rings. The number of rotatable bonds is 3. The molecule has 100 valence electrons. The molecular weight excluding hydrogens is 352 g/mol. The molecule has 5 heteroatoms. The number of anilines is 1. The lowest BCUT2D eigenvalue weighted by atomic mass is 10.2. The van der Waals surface area contributed by atoms with Gasteiger partial charge in [-0.1, -0.05) is 45.2 Å². The van der Waals surface area contributed by atoms with Gasteiger partial charge in [0, 0.05) is 16.0 Å². The van der Waals surface area contributed by atoms with Crippen molar-refractivity contribution in [2.75, 3.05) is 5.32 Å². The first-order valence-corrected chi connectivity index (χ1v) is 7.15. The number of aryl methyl sites for hydroxylation is 1. The molecular formula is C14H11BrCl2FN. The van der Waals surface area contributed by atoms with Crippen molar-refractivity contribution in [3.63, 3.8) is 0 Å². The third kappa shape index (κ3) is 3.62. The molecule has 2 aromatic carbocycles. The van der Waals surface area contributed by atoms with Crippen LogP contribution in [0.25, 0.3) is 0 Å². The molecule has 1 nitrogen and oxygen atoms in total. The van der Waals surface area contributed by atoms with Gasteiger partial charge >= 0.3 is 0 Å². The maximum absolute atomic E-state index is 13.0. The van der Waals surface area contributed by atoms with Gasteiger partial charge in [-0.15, -0.1) is 0 Å². The van der Waals surface area contributed by atoms with Crippen LogP contribution in [0.5, 0.6) is 0 Å². The van der Waals surface area contributed by atoms with Crippen molar-refractivity contribution in [2.24, 2.45) is 0 Å². The van der Waals surface area contributed by atoms with Crippen LogP contribution in [0.15, 0.2) is 34.8 Å². The Morgan fingerprint density at radius 2 is 1.89 bits per heavy atom. The molecule has 0 fully saturated rings. The zero-order valence-corrected chi connectivity index (χ0v) is 13.2. The Morgan fingerprint density at radius 3 is 2.58 bits per heavy atom. The minimum Gasteiger partial charge on any atom is -0.380 e. The molecule has 0 aliphatic carbocycles. The predicted octanol–water partition coefficient (Wildman–Crippen LogP) is 5.82. The van der Waals surface area contributed by atoms with Crippen LogP contribution < -0.4 is 5.32 Å². The normalized spacial score (nSPS) is 10.6.